The quantitative estimate of drug-likeness (QED) is 0.864. The maximum atomic E-state index is 11.8. The first-order chi connectivity index (χ1) is 9.29. The van der Waals surface area contributed by atoms with Gasteiger partial charge in [-0.15, -0.1) is 0 Å². The molecule has 0 bridgehead atoms. The predicted octanol–water partition coefficient (Wildman–Crippen LogP) is 0.642. The van der Waals surface area contributed by atoms with Crippen molar-refractivity contribution < 1.29 is 17.9 Å². The summed E-state index contributed by atoms with van der Waals surface area (Å²) >= 11 is 0. The van der Waals surface area contributed by atoms with Gasteiger partial charge in [0.25, 0.3) is 5.91 Å². The van der Waals surface area contributed by atoms with Crippen molar-refractivity contribution in [2.24, 2.45) is 5.14 Å². The molecule has 7 heteroatoms. The Labute approximate surface area is 118 Å². The van der Waals surface area contributed by atoms with Crippen molar-refractivity contribution in [1.29, 1.82) is 0 Å². The molecule has 2 rings (SSSR count). The number of benzene rings is 1. The van der Waals surface area contributed by atoms with Gasteiger partial charge in [-0.2, -0.15) is 0 Å². The molecular weight excluding hydrogens is 280 g/mol. The van der Waals surface area contributed by atoms with Crippen LogP contribution in [0.2, 0.25) is 0 Å². The van der Waals surface area contributed by atoms with Gasteiger partial charge in [-0.25, -0.2) is 13.6 Å². The van der Waals surface area contributed by atoms with E-state index in [0.29, 0.717) is 17.4 Å². The number of hydrogen-bond acceptors (Lipinski definition) is 4. The molecule has 0 aliphatic heterocycles. The van der Waals surface area contributed by atoms with Gasteiger partial charge in [-0.1, -0.05) is 0 Å². The highest BCUT2D eigenvalue weighted by atomic mass is 32.2. The van der Waals surface area contributed by atoms with Crippen LogP contribution >= 0.6 is 0 Å². The molecule has 0 radical (unpaired) electrons. The average molecular weight is 298 g/mol. The predicted molar refractivity (Wildman–Crippen MR) is 73.8 cm³/mol. The summed E-state index contributed by atoms with van der Waals surface area (Å²) in [6, 6.07) is 4.66. The third-order valence-corrected chi connectivity index (χ3v) is 4.23. The van der Waals surface area contributed by atoms with Gasteiger partial charge in [-0.05, 0) is 43.5 Å². The Bertz CT molecular complexity index is 623. The van der Waals surface area contributed by atoms with Crippen LogP contribution in [0.15, 0.2) is 23.1 Å². The molecule has 1 aromatic rings. The van der Waals surface area contributed by atoms with Crippen molar-refractivity contribution in [3.8, 4) is 5.75 Å². The van der Waals surface area contributed by atoms with Crippen molar-refractivity contribution in [1.82, 2.24) is 4.90 Å². The molecule has 0 unspecified atom stereocenters. The summed E-state index contributed by atoms with van der Waals surface area (Å²) in [6.07, 6.45) is 2.09. The summed E-state index contributed by atoms with van der Waals surface area (Å²) in [5, 5.41) is 5.05. The number of likely N-dealkylation sites (N-methyl/N-ethyl adjacent to an activating group) is 1. The monoisotopic (exact) mass is 298 g/mol. The smallest absolute Gasteiger partial charge is 0.260 e. The van der Waals surface area contributed by atoms with Crippen LogP contribution in [0.5, 0.6) is 5.75 Å². The first-order valence-corrected chi connectivity index (χ1v) is 7.85. The zero-order valence-electron chi connectivity index (χ0n) is 11.5. The number of amides is 1. The molecule has 1 aliphatic carbocycles. The topological polar surface area (TPSA) is 89.7 Å². The number of ether oxygens (including phenoxy) is 1. The molecule has 1 saturated carbocycles. The van der Waals surface area contributed by atoms with E-state index < -0.39 is 10.0 Å². The highest BCUT2D eigenvalue weighted by Crippen LogP contribution is 2.26. The van der Waals surface area contributed by atoms with Crippen LogP contribution in [0.25, 0.3) is 0 Å². The Morgan fingerprint density at radius 2 is 2.10 bits per heavy atom. The summed E-state index contributed by atoms with van der Waals surface area (Å²) in [6.45, 7) is 1.65. The van der Waals surface area contributed by atoms with Crippen LogP contribution in [0, 0.1) is 6.92 Å². The molecule has 0 aromatic heterocycles. The zero-order chi connectivity index (χ0) is 14.9. The lowest BCUT2D eigenvalue weighted by Crippen LogP contribution is -2.33. The lowest BCUT2D eigenvalue weighted by Gasteiger charge is -2.17. The van der Waals surface area contributed by atoms with Crippen LogP contribution in [0.1, 0.15) is 18.4 Å². The van der Waals surface area contributed by atoms with Crippen LogP contribution < -0.4 is 9.88 Å². The number of nitrogens with two attached hydrogens (primary N) is 1. The second-order valence-corrected chi connectivity index (χ2v) is 6.56. The van der Waals surface area contributed by atoms with E-state index in [0.717, 1.165) is 12.8 Å². The zero-order valence-corrected chi connectivity index (χ0v) is 12.3. The van der Waals surface area contributed by atoms with Crippen LogP contribution in [0.4, 0.5) is 0 Å². The third-order valence-electron chi connectivity index (χ3n) is 3.31. The van der Waals surface area contributed by atoms with E-state index in [1.54, 1.807) is 18.9 Å². The van der Waals surface area contributed by atoms with Gasteiger partial charge in [0.05, 0.1) is 4.90 Å². The minimum absolute atomic E-state index is 0.0313. The minimum atomic E-state index is -3.72. The van der Waals surface area contributed by atoms with Crippen molar-refractivity contribution >= 4 is 15.9 Å². The van der Waals surface area contributed by atoms with Gasteiger partial charge in [0, 0.05) is 13.1 Å². The number of sulfonamides is 1. The van der Waals surface area contributed by atoms with E-state index in [1.807, 2.05) is 0 Å². The van der Waals surface area contributed by atoms with Crippen LogP contribution in [-0.2, 0) is 14.8 Å². The highest BCUT2D eigenvalue weighted by Gasteiger charge is 2.29. The number of primary sulfonamides is 1. The molecule has 0 saturated heterocycles. The summed E-state index contributed by atoms with van der Waals surface area (Å²) in [5.74, 6) is 0.400. The fraction of sp³-hybridized carbons (Fsp3) is 0.462. The number of aryl methyl sites for hydroxylation is 1. The Kier molecular flexibility index (Phi) is 4.01. The van der Waals surface area contributed by atoms with E-state index >= 15 is 0 Å². The molecule has 2 N–H and O–H groups in total. The lowest BCUT2D eigenvalue weighted by molar-refractivity contribution is -0.132. The molecule has 0 atom stereocenters. The molecule has 6 nitrogen and oxygen atoms in total. The molecule has 1 aliphatic rings. The maximum absolute atomic E-state index is 11.8. The fourth-order valence-corrected chi connectivity index (χ4v) is 2.47. The summed E-state index contributed by atoms with van der Waals surface area (Å²) in [5.41, 5.74) is 0.624. The summed E-state index contributed by atoms with van der Waals surface area (Å²) in [4.78, 5) is 13.5. The number of hydrogen-bond donors (Lipinski definition) is 1. The van der Waals surface area contributed by atoms with E-state index in [2.05, 4.69) is 0 Å². The summed E-state index contributed by atoms with van der Waals surface area (Å²) in [7, 11) is -1.96. The molecule has 1 fully saturated rings. The normalized spacial score (nSPS) is 14.9. The largest absolute Gasteiger partial charge is 0.483 e. The van der Waals surface area contributed by atoms with E-state index in [1.165, 1.54) is 18.2 Å². The fourth-order valence-electron chi connectivity index (χ4n) is 1.87. The van der Waals surface area contributed by atoms with E-state index in [4.69, 9.17) is 9.88 Å². The number of carbonyl (C=O) groups excluding carboxylic acids is 1. The number of rotatable bonds is 5. The van der Waals surface area contributed by atoms with Crippen molar-refractivity contribution in [3.05, 3.63) is 23.8 Å². The molecule has 0 spiro atoms. The van der Waals surface area contributed by atoms with Gasteiger partial charge in [0.15, 0.2) is 6.61 Å². The van der Waals surface area contributed by atoms with Crippen molar-refractivity contribution in [2.75, 3.05) is 13.7 Å². The first kappa shape index (κ1) is 14.8. The first-order valence-electron chi connectivity index (χ1n) is 6.31. The molecule has 110 valence electrons. The second kappa shape index (κ2) is 5.41. The average Bonchev–Trinajstić information content (AvgIpc) is 3.19. The van der Waals surface area contributed by atoms with Crippen LogP contribution in [-0.4, -0.2) is 38.9 Å². The van der Waals surface area contributed by atoms with Gasteiger partial charge in [-0.3, -0.25) is 4.79 Å². The third kappa shape index (κ3) is 3.49. The SMILES string of the molecule is Cc1cc(S(N)(=O)=O)ccc1OCC(=O)N(C)C1CC1. The van der Waals surface area contributed by atoms with Gasteiger partial charge < -0.3 is 9.64 Å². The number of carbonyl (C=O) groups is 1. The molecule has 1 aromatic carbocycles. The van der Waals surface area contributed by atoms with Crippen molar-refractivity contribution in [3.63, 3.8) is 0 Å². The maximum Gasteiger partial charge on any atom is 0.260 e. The Morgan fingerprint density at radius 3 is 2.60 bits per heavy atom. The lowest BCUT2D eigenvalue weighted by atomic mass is 10.2. The van der Waals surface area contributed by atoms with Crippen molar-refractivity contribution in [2.45, 2.75) is 30.7 Å². The van der Waals surface area contributed by atoms with E-state index in [9.17, 15) is 13.2 Å². The molecule has 0 heterocycles. The molecule has 1 amide bonds. The Balaban J connectivity index is 2.01. The standard InChI is InChI=1S/C13H18N2O4S/c1-9-7-11(20(14,17)18)5-6-12(9)19-8-13(16)15(2)10-3-4-10/h5-7,10H,3-4,8H2,1-2H3,(H2,14,17,18). The van der Waals surface area contributed by atoms with Crippen LogP contribution in [0.3, 0.4) is 0 Å². The summed E-state index contributed by atoms with van der Waals surface area (Å²) < 4.78 is 27.9. The Hall–Kier alpha value is -1.60. The van der Waals surface area contributed by atoms with Gasteiger partial charge in [0.1, 0.15) is 5.75 Å². The van der Waals surface area contributed by atoms with E-state index in [-0.39, 0.29) is 17.4 Å². The number of nitrogens with zero attached hydrogens (tertiary/aromatic N) is 1. The Morgan fingerprint density at radius 1 is 1.45 bits per heavy atom. The molecule has 20 heavy (non-hydrogen) atoms. The minimum Gasteiger partial charge on any atom is -0.483 e. The second-order valence-electron chi connectivity index (χ2n) is 5.00. The molecular formula is C13H18N2O4S. The van der Waals surface area contributed by atoms with Gasteiger partial charge in [0.2, 0.25) is 10.0 Å². The highest BCUT2D eigenvalue weighted by molar-refractivity contribution is 7.89. The van der Waals surface area contributed by atoms with Gasteiger partial charge >= 0.3 is 0 Å².